The van der Waals surface area contributed by atoms with Gasteiger partial charge < -0.3 is 11.1 Å². The van der Waals surface area contributed by atoms with E-state index in [0.29, 0.717) is 6.54 Å². The van der Waals surface area contributed by atoms with E-state index in [2.05, 4.69) is 10.6 Å². The molecular formula is C14H21N3O2S. The minimum absolute atomic E-state index is 0.0463. The number of carbonyl (C=O) groups excluding carboxylic acids is 2. The number of imide groups is 1. The number of amides is 3. The van der Waals surface area contributed by atoms with Crippen molar-refractivity contribution in [2.24, 2.45) is 5.73 Å². The van der Waals surface area contributed by atoms with Gasteiger partial charge in [0.15, 0.2) is 0 Å². The van der Waals surface area contributed by atoms with E-state index in [-0.39, 0.29) is 17.2 Å². The molecule has 5 nitrogen and oxygen atoms in total. The van der Waals surface area contributed by atoms with Crippen LogP contribution in [0.25, 0.3) is 0 Å². The smallest absolute Gasteiger partial charge is 0.321 e. The molecule has 0 aliphatic heterocycles. The average Bonchev–Trinajstić information content (AvgIpc) is 2.39. The third-order valence-corrected chi connectivity index (χ3v) is 3.73. The van der Waals surface area contributed by atoms with Crippen molar-refractivity contribution < 1.29 is 9.59 Å². The Hall–Kier alpha value is -1.53. The minimum Gasteiger partial charge on any atom is -0.338 e. The zero-order valence-electron chi connectivity index (χ0n) is 12.0. The average molecular weight is 295 g/mol. The van der Waals surface area contributed by atoms with Crippen molar-refractivity contribution in [2.75, 3.05) is 6.54 Å². The molecule has 1 aromatic carbocycles. The lowest BCUT2D eigenvalue weighted by molar-refractivity contribution is -0.119. The number of benzene rings is 1. The minimum atomic E-state index is -0.464. The van der Waals surface area contributed by atoms with Crippen molar-refractivity contribution >= 4 is 23.7 Å². The van der Waals surface area contributed by atoms with Crippen molar-refractivity contribution in [2.45, 2.75) is 37.0 Å². The van der Waals surface area contributed by atoms with E-state index in [9.17, 15) is 9.59 Å². The number of hydrogen-bond acceptors (Lipinski definition) is 4. The number of thioether (sulfide) groups is 1. The Balaban J connectivity index is 2.61. The van der Waals surface area contributed by atoms with Gasteiger partial charge in [0.05, 0.1) is 5.25 Å². The number of carbonyl (C=O) groups is 2. The fourth-order valence-corrected chi connectivity index (χ4v) is 2.48. The maximum atomic E-state index is 11.8. The zero-order valence-corrected chi connectivity index (χ0v) is 12.8. The molecule has 2 unspecified atom stereocenters. The molecular weight excluding hydrogens is 274 g/mol. The van der Waals surface area contributed by atoms with Crippen LogP contribution in [0.1, 0.15) is 32.4 Å². The van der Waals surface area contributed by atoms with E-state index in [1.807, 2.05) is 31.2 Å². The Morgan fingerprint density at radius 3 is 2.65 bits per heavy atom. The molecule has 0 bridgehead atoms. The molecule has 2 atom stereocenters. The lowest BCUT2D eigenvalue weighted by atomic mass is 10.1. The molecule has 0 aliphatic rings. The molecule has 0 aliphatic carbocycles. The molecule has 0 heterocycles. The number of rotatable bonds is 5. The summed E-state index contributed by atoms with van der Waals surface area (Å²) < 4.78 is 0. The van der Waals surface area contributed by atoms with Gasteiger partial charge in [0.25, 0.3) is 0 Å². The second kappa shape index (κ2) is 7.91. The Morgan fingerprint density at radius 1 is 1.35 bits per heavy atom. The van der Waals surface area contributed by atoms with Crippen LogP contribution < -0.4 is 16.4 Å². The highest BCUT2D eigenvalue weighted by Crippen LogP contribution is 2.25. The third-order valence-electron chi connectivity index (χ3n) is 2.64. The molecule has 6 heteroatoms. The van der Waals surface area contributed by atoms with Crippen LogP contribution in [0.5, 0.6) is 0 Å². The molecule has 0 aromatic heterocycles. The summed E-state index contributed by atoms with van der Waals surface area (Å²) in [5, 5.41) is 4.47. The monoisotopic (exact) mass is 295 g/mol. The van der Waals surface area contributed by atoms with Gasteiger partial charge in [-0.1, -0.05) is 12.1 Å². The van der Waals surface area contributed by atoms with Crippen LogP contribution in [-0.2, 0) is 4.79 Å². The third kappa shape index (κ3) is 5.22. The zero-order chi connectivity index (χ0) is 15.1. The van der Waals surface area contributed by atoms with Gasteiger partial charge in [-0.15, -0.1) is 11.8 Å². The van der Waals surface area contributed by atoms with Crippen molar-refractivity contribution in [1.29, 1.82) is 0 Å². The molecule has 1 aromatic rings. The summed E-state index contributed by atoms with van der Waals surface area (Å²) in [6.07, 6.45) is 0. The van der Waals surface area contributed by atoms with E-state index in [0.717, 1.165) is 10.5 Å². The van der Waals surface area contributed by atoms with Crippen molar-refractivity contribution in [1.82, 2.24) is 10.6 Å². The highest BCUT2D eigenvalue weighted by atomic mass is 32.2. The number of urea groups is 1. The Morgan fingerprint density at radius 2 is 2.05 bits per heavy atom. The van der Waals surface area contributed by atoms with Crippen LogP contribution in [0.4, 0.5) is 4.79 Å². The summed E-state index contributed by atoms with van der Waals surface area (Å²) >= 11 is 1.40. The summed E-state index contributed by atoms with van der Waals surface area (Å²) in [6, 6.07) is 7.24. The summed E-state index contributed by atoms with van der Waals surface area (Å²) in [7, 11) is 0. The molecule has 0 radical (unpaired) electrons. The van der Waals surface area contributed by atoms with Gasteiger partial charge >= 0.3 is 6.03 Å². The van der Waals surface area contributed by atoms with E-state index in [4.69, 9.17) is 5.73 Å². The van der Waals surface area contributed by atoms with Gasteiger partial charge in [0.1, 0.15) is 0 Å². The first-order chi connectivity index (χ1) is 9.43. The lowest BCUT2D eigenvalue weighted by Crippen LogP contribution is -2.42. The van der Waals surface area contributed by atoms with Gasteiger partial charge in [-0.2, -0.15) is 0 Å². The fourth-order valence-electron chi connectivity index (χ4n) is 1.55. The topological polar surface area (TPSA) is 84.2 Å². The largest absolute Gasteiger partial charge is 0.338 e. The van der Waals surface area contributed by atoms with Gasteiger partial charge in [-0.3, -0.25) is 10.1 Å². The number of hydrogen-bond donors (Lipinski definition) is 3. The standard InChI is InChI=1S/C14H21N3O2S/c1-4-16-14(19)17-13(18)10(3)20-12-7-5-6-11(8-12)9(2)15/h5-10H,4,15H2,1-3H3,(H2,16,17,18,19). The molecule has 110 valence electrons. The molecule has 3 amide bonds. The van der Waals surface area contributed by atoms with Crippen molar-refractivity contribution in [3.63, 3.8) is 0 Å². The van der Waals surface area contributed by atoms with E-state index < -0.39 is 6.03 Å². The second-order valence-electron chi connectivity index (χ2n) is 4.47. The Bertz CT molecular complexity index is 477. The summed E-state index contributed by atoms with van der Waals surface area (Å²) in [5.41, 5.74) is 6.85. The molecule has 0 saturated heterocycles. The molecule has 4 N–H and O–H groups in total. The van der Waals surface area contributed by atoms with Crippen LogP contribution in [0, 0.1) is 0 Å². The maximum Gasteiger partial charge on any atom is 0.321 e. The SMILES string of the molecule is CCNC(=O)NC(=O)C(C)Sc1cccc(C(C)N)c1. The maximum absolute atomic E-state index is 11.8. The van der Waals surface area contributed by atoms with Gasteiger partial charge in [-0.25, -0.2) is 4.79 Å². The number of nitrogens with two attached hydrogens (primary N) is 1. The summed E-state index contributed by atoms with van der Waals surface area (Å²) in [4.78, 5) is 24.1. The highest BCUT2D eigenvalue weighted by molar-refractivity contribution is 8.00. The Labute approximate surface area is 123 Å². The molecule has 0 fully saturated rings. The predicted octanol–water partition coefficient (Wildman–Crippen LogP) is 2.03. The van der Waals surface area contributed by atoms with E-state index in [1.54, 1.807) is 13.8 Å². The van der Waals surface area contributed by atoms with Crippen LogP contribution in [0.15, 0.2) is 29.2 Å². The quantitative estimate of drug-likeness (QED) is 0.726. The molecule has 0 spiro atoms. The highest BCUT2D eigenvalue weighted by Gasteiger charge is 2.17. The van der Waals surface area contributed by atoms with E-state index in [1.165, 1.54) is 11.8 Å². The first-order valence-corrected chi connectivity index (χ1v) is 7.43. The fraction of sp³-hybridized carbons (Fsp3) is 0.429. The molecule has 0 saturated carbocycles. The summed E-state index contributed by atoms with van der Waals surface area (Å²) in [6.45, 7) is 5.95. The summed E-state index contributed by atoms with van der Waals surface area (Å²) in [5.74, 6) is -0.313. The van der Waals surface area contributed by atoms with Crippen LogP contribution >= 0.6 is 11.8 Å². The van der Waals surface area contributed by atoms with Gasteiger partial charge in [0, 0.05) is 17.5 Å². The van der Waals surface area contributed by atoms with Gasteiger partial charge in [-0.05, 0) is 38.5 Å². The lowest BCUT2D eigenvalue weighted by Gasteiger charge is -2.13. The van der Waals surface area contributed by atoms with Crippen molar-refractivity contribution in [3.05, 3.63) is 29.8 Å². The van der Waals surface area contributed by atoms with Crippen molar-refractivity contribution in [3.8, 4) is 0 Å². The van der Waals surface area contributed by atoms with Gasteiger partial charge in [0.2, 0.25) is 5.91 Å². The van der Waals surface area contributed by atoms with Crippen LogP contribution in [0.3, 0.4) is 0 Å². The van der Waals surface area contributed by atoms with Crippen LogP contribution in [-0.4, -0.2) is 23.7 Å². The molecule has 20 heavy (non-hydrogen) atoms. The second-order valence-corrected chi connectivity index (χ2v) is 5.88. The number of nitrogens with one attached hydrogen (secondary N) is 2. The van der Waals surface area contributed by atoms with E-state index >= 15 is 0 Å². The normalized spacial score (nSPS) is 13.4. The Kier molecular flexibility index (Phi) is 6.54. The van der Waals surface area contributed by atoms with Crippen LogP contribution in [0.2, 0.25) is 0 Å². The first-order valence-electron chi connectivity index (χ1n) is 6.55. The molecule has 1 rings (SSSR count). The first kappa shape index (κ1) is 16.5. The predicted molar refractivity (Wildman–Crippen MR) is 81.6 cm³/mol.